The van der Waals surface area contributed by atoms with Gasteiger partial charge >= 0.3 is 6.03 Å². The van der Waals surface area contributed by atoms with E-state index in [0.29, 0.717) is 23.9 Å². The SMILES string of the molecule is CCNC(=O)NC(=O)C(C)NCc1c(Cl)cccc1OC. The first-order valence-corrected chi connectivity index (χ1v) is 7.00. The third kappa shape index (κ3) is 5.24. The van der Waals surface area contributed by atoms with E-state index in [0.717, 1.165) is 5.56 Å². The van der Waals surface area contributed by atoms with E-state index in [-0.39, 0.29) is 0 Å². The Morgan fingerprint density at radius 3 is 2.71 bits per heavy atom. The van der Waals surface area contributed by atoms with Gasteiger partial charge < -0.3 is 15.4 Å². The van der Waals surface area contributed by atoms with Gasteiger partial charge in [-0.05, 0) is 26.0 Å². The highest BCUT2D eigenvalue weighted by atomic mass is 35.5. The molecule has 3 N–H and O–H groups in total. The number of halogens is 1. The molecule has 0 aliphatic rings. The van der Waals surface area contributed by atoms with Crippen molar-refractivity contribution in [3.63, 3.8) is 0 Å². The summed E-state index contributed by atoms with van der Waals surface area (Å²) in [5.74, 6) is 0.235. The summed E-state index contributed by atoms with van der Waals surface area (Å²) in [5.41, 5.74) is 0.763. The molecule has 1 unspecified atom stereocenters. The minimum Gasteiger partial charge on any atom is -0.496 e. The molecule has 0 saturated carbocycles. The van der Waals surface area contributed by atoms with Crippen LogP contribution in [0.3, 0.4) is 0 Å². The molecule has 0 saturated heterocycles. The van der Waals surface area contributed by atoms with Crippen molar-refractivity contribution in [2.45, 2.75) is 26.4 Å². The van der Waals surface area contributed by atoms with Gasteiger partial charge in [0.15, 0.2) is 0 Å². The molecule has 1 rings (SSSR count). The molecule has 0 radical (unpaired) electrons. The highest BCUT2D eigenvalue weighted by Crippen LogP contribution is 2.25. The van der Waals surface area contributed by atoms with Crippen LogP contribution in [0.4, 0.5) is 4.79 Å². The number of urea groups is 1. The fourth-order valence-corrected chi connectivity index (χ4v) is 1.91. The maximum absolute atomic E-state index is 11.8. The Hall–Kier alpha value is -1.79. The number of nitrogens with one attached hydrogen (secondary N) is 3. The van der Waals surface area contributed by atoms with E-state index in [1.54, 1.807) is 39.2 Å². The Bertz CT molecular complexity index is 508. The lowest BCUT2D eigenvalue weighted by molar-refractivity contribution is -0.121. The van der Waals surface area contributed by atoms with Crippen molar-refractivity contribution in [3.8, 4) is 5.75 Å². The van der Waals surface area contributed by atoms with Gasteiger partial charge in [-0.1, -0.05) is 17.7 Å². The van der Waals surface area contributed by atoms with Gasteiger partial charge in [-0.3, -0.25) is 10.1 Å². The van der Waals surface area contributed by atoms with Gasteiger partial charge in [0.05, 0.1) is 13.2 Å². The van der Waals surface area contributed by atoms with Crippen molar-refractivity contribution in [1.82, 2.24) is 16.0 Å². The van der Waals surface area contributed by atoms with E-state index in [2.05, 4.69) is 16.0 Å². The van der Waals surface area contributed by atoms with Crippen LogP contribution in [-0.4, -0.2) is 31.6 Å². The van der Waals surface area contributed by atoms with Gasteiger partial charge in [-0.25, -0.2) is 4.79 Å². The molecule has 0 aliphatic heterocycles. The normalized spacial score (nSPS) is 11.6. The number of methoxy groups -OCH3 is 1. The molecule has 0 bridgehead atoms. The van der Waals surface area contributed by atoms with E-state index in [4.69, 9.17) is 16.3 Å². The molecule has 0 fully saturated rings. The fraction of sp³-hybridized carbons (Fsp3) is 0.429. The Morgan fingerprint density at radius 2 is 2.10 bits per heavy atom. The zero-order valence-electron chi connectivity index (χ0n) is 12.3. The number of imide groups is 1. The van der Waals surface area contributed by atoms with Crippen LogP contribution in [0.5, 0.6) is 5.75 Å². The van der Waals surface area contributed by atoms with Gasteiger partial charge in [0.2, 0.25) is 5.91 Å². The van der Waals surface area contributed by atoms with Gasteiger partial charge in [-0.2, -0.15) is 0 Å². The second kappa shape index (κ2) is 8.49. The molecule has 1 atom stereocenters. The molecule has 0 aliphatic carbocycles. The highest BCUT2D eigenvalue weighted by Gasteiger charge is 2.16. The quantitative estimate of drug-likeness (QED) is 0.746. The Labute approximate surface area is 129 Å². The molecule has 3 amide bonds. The third-order valence-electron chi connectivity index (χ3n) is 2.85. The summed E-state index contributed by atoms with van der Waals surface area (Å²) in [6, 6.07) is 4.28. The number of benzene rings is 1. The van der Waals surface area contributed by atoms with Crippen molar-refractivity contribution in [2.75, 3.05) is 13.7 Å². The van der Waals surface area contributed by atoms with Crippen LogP contribution in [0.15, 0.2) is 18.2 Å². The monoisotopic (exact) mass is 313 g/mol. The van der Waals surface area contributed by atoms with Crippen LogP contribution in [0, 0.1) is 0 Å². The second-order valence-corrected chi connectivity index (χ2v) is 4.78. The predicted molar refractivity (Wildman–Crippen MR) is 81.5 cm³/mol. The lowest BCUT2D eigenvalue weighted by atomic mass is 10.2. The maximum Gasteiger partial charge on any atom is 0.321 e. The van der Waals surface area contributed by atoms with E-state index in [1.807, 2.05) is 0 Å². The lowest BCUT2D eigenvalue weighted by Gasteiger charge is -2.16. The molecule has 0 aromatic heterocycles. The number of hydrogen-bond donors (Lipinski definition) is 3. The first-order valence-electron chi connectivity index (χ1n) is 6.63. The van der Waals surface area contributed by atoms with Gasteiger partial charge in [0, 0.05) is 23.7 Å². The summed E-state index contributed by atoms with van der Waals surface area (Å²) in [7, 11) is 1.56. The van der Waals surface area contributed by atoms with Crippen molar-refractivity contribution in [1.29, 1.82) is 0 Å². The average Bonchev–Trinajstić information content (AvgIpc) is 2.45. The Morgan fingerprint density at radius 1 is 1.38 bits per heavy atom. The maximum atomic E-state index is 11.8. The van der Waals surface area contributed by atoms with E-state index in [1.165, 1.54) is 0 Å². The van der Waals surface area contributed by atoms with Crippen LogP contribution < -0.4 is 20.7 Å². The number of hydrogen-bond acceptors (Lipinski definition) is 4. The highest BCUT2D eigenvalue weighted by molar-refractivity contribution is 6.31. The van der Waals surface area contributed by atoms with Crippen LogP contribution in [0.1, 0.15) is 19.4 Å². The minimum atomic E-state index is -0.548. The molecule has 1 aromatic rings. The largest absolute Gasteiger partial charge is 0.496 e. The van der Waals surface area contributed by atoms with E-state index >= 15 is 0 Å². The molecule has 6 nitrogen and oxygen atoms in total. The van der Waals surface area contributed by atoms with Crippen molar-refractivity contribution < 1.29 is 14.3 Å². The van der Waals surface area contributed by atoms with Gasteiger partial charge in [-0.15, -0.1) is 0 Å². The summed E-state index contributed by atoms with van der Waals surface area (Å²) < 4.78 is 5.23. The zero-order valence-corrected chi connectivity index (χ0v) is 13.1. The summed E-state index contributed by atoms with van der Waals surface area (Å²) >= 11 is 6.11. The van der Waals surface area contributed by atoms with Gasteiger partial charge in [0.25, 0.3) is 0 Å². The molecule has 1 aromatic carbocycles. The summed E-state index contributed by atoms with van der Waals surface area (Å²) in [6.45, 7) is 4.25. The summed E-state index contributed by atoms with van der Waals surface area (Å²) in [5, 5.41) is 8.30. The number of amides is 3. The summed E-state index contributed by atoms with van der Waals surface area (Å²) in [6.07, 6.45) is 0. The smallest absolute Gasteiger partial charge is 0.321 e. The fourth-order valence-electron chi connectivity index (χ4n) is 1.67. The third-order valence-corrected chi connectivity index (χ3v) is 3.20. The molecular formula is C14H20ClN3O3. The van der Waals surface area contributed by atoms with Crippen molar-refractivity contribution in [3.05, 3.63) is 28.8 Å². The molecule has 116 valence electrons. The Balaban J connectivity index is 2.59. The van der Waals surface area contributed by atoms with Crippen LogP contribution in [0.25, 0.3) is 0 Å². The van der Waals surface area contributed by atoms with E-state index < -0.39 is 18.0 Å². The molecule has 21 heavy (non-hydrogen) atoms. The first kappa shape index (κ1) is 17.3. The zero-order chi connectivity index (χ0) is 15.8. The minimum absolute atomic E-state index is 0.354. The number of ether oxygens (including phenoxy) is 1. The molecular weight excluding hydrogens is 294 g/mol. The molecule has 0 heterocycles. The Kier molecular flexibility index (Phi) is 6.98. The summed E-state index contributed by atoms with van der Waals surface area (Å²) in [4.78, 5) is 23.1. The molecule has 7 heteroatoms. The van der Waals surface area contributed by atoms with Crippen LogP contribution in [-0.2, 0) is 11.3 Å². The van der Waals surface area contributed by atoms with E-state index in [9.17, 15) is 9.59 Å². The molecule has 0 spiro atoms. The van der Waals surface area contributed by atoms with Crippen LogP contribution >= 0.6 is 11.6 Å². The topological polar surface area (TPSA) is 79.5 Å². The number of rotatable bonds is 6. The second-order valence-electron chi connectivity index (χ2n) is 4.37. The van der Waals surface area contributed by atoms with Crippen molar-refractivity contribution >= 4 is 23.5 Å². The number of carbonyl (C=O) groups excluding carboxylic acids is 2. The first-order chi connectivity index (χ1) is 9.99. The van der Waals surface area contributed by atoms with Gasteiger partial charge in [0.1, 0.15) is 5.75 Å². The number of carbonyl (C=O) groups is 2. The lowest BCUT2D eigenvalue weighted by Crippen LogP contribution is -2.47. The average molecular weight is 314 g/mol. The van der Waals surface area contributed by atoms with Crippen molar-refractivity contribution in [2.24, 2.45) is 0 Å². The predicted octanol–water partition coefficient (Wildman–Crippen LogP) is 1.67. The van der Waals surface area contributed by atoms with Crippen LogP contribution in [0.2, 0.25) is 5.02 Å². The standard InChI is InChI=1S/C14H20ClN3O3/c1-4-16-14(20)18-13(19)9(2)17-8-10-11(15)6-5-7-12(10)21-3/h5-7,9,17H,4,8H2,1-3H3,(H2,16,18,19,20).